The Balaban J connectivity index is 1.78. The molecule has 2 aromatic carbocycles. The molecular formula is C26H31BrN6O3. The number of fused-ring (bicyclic) bond motifs is 1. The van der Waals surface area contributed by atoms with E-state index in [4.69, 9.17) is 9.47 Å². The van der Waals surface area contributed by atoms with Gasteiger partial charge in [-0.15, -0.1) is 0 Å². The Labute approximate surface area is 219 Å². The molecule has 0 radical (unpaired) electrons. The minimum atomic E-state index is -0.582. The number of aromatic nitrogens is 4. The number of amides is 1. The predicted octanol–water partition coefficient (Wildman–Crippen LogP) is 5.56. The zero-order valence-corrected chi connectivity index (χ0v) is 22.8. The van der Waals surface area contributed by atoms with Crippen molar-refractivity contribution in [2.24, 2.45) is 0 Å². The first-order chi connectivity index (χ1) is 17.3. The van der Waals surface area contributed by atoms with Gasteiger partial charge < -0.3 is 20.1 Å². The van der Waals surface area contributed by atoms with Gasteiger partial charge in [0, 0.05) is 11.4 Å². The Morgan fingerprint density at radius 3 is 2.75 bits per heavy atom. The molecule has 1 aliphatic rings. The number of benzene rings is 2. The van der Waals surface area contributed by atoms with Crippen molar-refractivity contribution in [3.63, 3.8) is 0 Å². The molecule has 36 heavy (non-hydrogen) atoms. The number of rotatable bonds is 9. The molecule has 1 atom stereocenters. The van der Waals surface area contributed by atoms with Gasteiger partial charge in [0.1, 0.15) is 6.04 Å². The Kier molecular flexibility index (Phi) is 7.93. The number of hydrogen-bond donors (Lipinski definition) is 2. The highest BCUT2D eigenvalue weighted by molar-refractivity contribution is 9.10. The van der Waals surface area contributed by atoms with Gasteiger partial charge in [-0.3, -0.25) is 4.79 Å². The third-order valence-corrected chi connectivity index (χ3v) is 6.79. The lowest BCUT2D eigenvalue weighted by Gasteiger charge is -2.29. The summed E-state index contributed by atoms with van der Waals surface area (Å²) < 4.78 is 14.3. The third kappa shape index (κ3) is 5.09. The second-order valence-electron chi connectivity index (χ2n) is 8.68. The van der Waals surface area contributed by atoms with E-state index in [2.05, 4.69) is 49.0 Å². The van der Waals surface area contributed by atoms with Gasteiger partial charge in [0.25, 0.3) is 5.91 Å². The average Bonchev–Trinajstić information content (AvgIpc) is 3.30. The van der Waals surface area contributed by atoms with E-state index >= 15 is 0 Å². The number of hydrogen-bond acceptors (Lipinski definition) is 7. The number of aryl methyl sites for hydroxylation is 1. The summed E-state index contributed by atoms with van der Waals surface area (Å²) >= 11 is 3.66. The van der Waals surface area contributed by atoms with Gasteiger partial charge in [-0.2, -0.15) is 4.68 Å². The fourth-order valence-electron chi connectivity index (χ4n) is 4.16. The molecular weight excluding hydrogens is 524 g/mol. The van der Waals surface area contributed by atoms with Crippen molar-refractivity contribution < 1.29 is 14.3 Å². The van der Waals surface area contributed by atoms with Crippen LogP contribution in [0.4, 0.5) is 11.6 Å². The zero-order valence-electron chi connectivity index (χ0n) is 21.2. The summed E-state index contributed by atoms with van der Waals surface area (Å²) in [5.74, 6) is 1.45. The maximum Gasteiger partial charge on any atom is 0.255 e. The van der Waals surface area contributed by atoms with Crippen molar-refractivity contribution in [1.29, 1.82) is 0 Å². The quantitative estimate of drug-likeness (QED) is 0.334. The average molecular weight is 555 g/mol. The van der Waals surface area contributed by atoms with E-state index in [-0.39, 0.29) is 5.91 Å². The Hall–Kier alpha value is -3.40. The number of anilines is 2. The summed E-state index contributed by atoms with van der Waals surface area (Å²) in [5.41, 5.74) is 4.84. The van der Waals surface area contributed by atoms with Crippen molar-refractivity contribution in [3.8, 4) is 11.5 Å². The Morgan fingerprint density at radius 1 is 1.19 bits per heavy atom. The number of ether oxygens (including phenoxy) is 2. The molecule has 1 aliphatic heterocycles. The van der Waals surface area contributed by atoms with Gasteiger partial charge in [-0.25, -0.2) is 0 Å². The standard InChI is InChI=1S/C26H31BrN6O3/c1-6-8-12-36-24-19(27)13-18(14-21(24)35-7-2)23-22(17(5)28-26-30-31-32-33(23)26)25(34)29-20-11-9-10-15(3)16(20)4/h9-11,13-14,23H,6-8,12H2,1-5H3,(H,29,34)(H,28,30,32). The number of allylic oxidation sites excluding steroid dienone is 1. The van der Waals surface area contributed by atoms with Crippen molar-refractivity contribution in [3.05, 3.63) is 62.8 Å². The van der Waals surface area contributed by atoms with E-state index in [9.17, 15) is 4.79 Å². The number of halogens is 1. The lowest BCUT2D eigenvalue weighted by Crippen LogP contribution is -2.31. The number of carbonyl (C=O) groups excluding carboxylic acids is 1. The highest BCUT2D eigenvalue weighted by atomic mass is 79.9. The molecule has 0 spiro atoms. The van der Waals surface area contributed by atoms with Crippen LogP contribution in [0.3, 0.4) is 0 Å². The maximum absolute atomic E-state index is 13.7. The van der Waals surface area contributed by atoms with Crippen LogP contribution in [0.5, 0.6) is 11.5 Å². The molecule has 1 amide bonds. The SMILES string of the molecule is CCCCOc1c(Br)cc(C2C(C(=O)Nc3cccc(C)c3C)=C(C)Nc3nnnn32)cc1OCC. The second kappa shape index (κ2) is 11.1. The highest BCUT2D eigenvalue weighted by Gasteiger charge is 2.35. The Morgan fingerprint density at radius 2 is 2.00 bits per heavy atom. The molecule has 0 saturated heterocycles. The van der Waals surface area contributed by atoms with Gasteiger partial charge in [-0.05, 0) is 95.4 Å². The molecule has 0 bridgehead atoms. The number of carbonyl (C=O) groups is 1. The summed E-state index contributed by atoms with van der Waals surface area (Å²) in [6, 6.07) is 9.10. The van der Waals surface area contributed by atoms with E-state index in [1.165, 1.54) is 0 Å². The van der Waals surface area contributed by atoms with Crippen LogP contribution in [0.15, 0.2) is 46.1 Å². The molecule has 3 aromatic rings. The molecule has 0 saturated carbocycles. The second-order valence-corrected chi connectivity index (χ2v) is 9.53. The molecule has 2 heterocycles. The van der Waals surface area contributed by atoms with E-state index in [1.54, 1.807) is 4.68 Å². The Bertz CT molecular complexity index is 1300. The first-order valence-corrected chi connectivity index (χ1v) is 12.9. The highest BCUT2D eigenvalue weighted by Crippen LogP contribution is 2.43. The molecule has 1 aromatic heterocycles. The van der Waals surface area contributed by atoms with Crippen LogP contribution in [-0.4, -0.2) is 39.3 Å². The molecule has 0 aliphatic carbocycles. The topological polar surface area (TPSA) is 103 Å². The minimum Gasteiger partial charge on any atom is -0.490 e. The van der Waals surface area contributed by atoms with E-state index in [1.807, 2.05) is 58.0 Å². The zero-order chi connectivity index (χ0) is 25.8. The van der Waals surface area contributed by atoms with Crippen LogP contribution in [0.25, 0.3) is 0 Å². The molecule has 4 rings (SSSR count). The van der Waals surface area contributed by atoms with Crippen molar-refractivity contribution in [2.75, 3.05) is 23.8 Å². The van der Waals surface area contributed by atoms with Gasteiger partial charge in [0.15, 0.2) is 11.5 Å². The number of tetrazole rings is 1. The van der Waals surface area contributed by atoms with Crippen LogP contribution in [0.2, 0.25) is 0 Å². The summed E-state index contributed by atoms with van der Waals surface area (Å²) in [5, 5.41) is 18.4. The van der Waals surface area contributed by atoms with Crippen LogP contribution in [0.1, 0.15) is 56.3 Å². The van der Waals surface area contributed by atoms with E-state index in [0.29, 0.717) is 41.9 Å². The maximum atomic E-state index is 13.7. The third-order valence-electron chi connectivity index (χ3n) is 6.20. The van der Waals surface area contributed by atoms with Gasteiger partial charge in [0.05, 0.1) is 23.3 Å². The van der Waals surface area contributed by atoms with Gasteiger partial charge in [0.2, 0.25) is 5.95 Å². The van der Waals surface area contributed by atoms with Crippen LogP contribution in [0, 0.1) is 13.8 Å². The van der Waals surface area contributed by atoms with Crippen LogP contribution >= 0.6 is 15.9 Å². The number of unbranched alkanes of at least 4 members (excludes halogenated alkanes) is 1. The predicted molar refractivity (Wildman–Crippen MR) is 143 cm³/mol. The molecule has 2 N–H and O–H groups in total. The fraction of sp³-hybridized carbons (Fsp3) is 0.385. The molecule has 1 unspecified atom stereocenters. The lowest BCUT2D eigenvalue weighted by atomic mass is 9.94. The normalized spacial score (nSPS) is 14.8. The largest absolute Gasteiger partial charge is 0.490 e. The summed E-state index contributed by atoms with van der Waals surface area (Å²) in [6.45, 7) is 11.0. The first kappa shape index (κ1) is 25.7. The van der Waals surface area contributed by atoms with Crippen molar-refractivity contribution in [2.45, 2.75) is 53.5 Å². The van der Waals surface area contributed by atoms with E-state index in [0.717, 1.165) is 39.7 Å². The first-order valence-electron chi connectivity index (χ1n) is 12.1. The van der Waals surface area contributed by atoms with Crippen LogP contribution in [-0.2, 0) is 4.79 Å². The van der Waals surface area contributed by atoms with Crippen molar-refractivity contribution in [1.82, 2.24) is 20.2 Å². The summed E-state index contributed by atoms with van der Waals surface area (Å²) in [6.07, 6.45) is 1.96. The fourth-order valence-corrected chi connectivity index (χ4v) is 4.73. The number of nitrogens with zero attached hydrogens (tertiary/aromatic N) is 4. The summed E-state index contributed by atoms with van der Waals surface area (Å²) in [4.78, 5) is 13.7. The summed E-state index contributed by atoms with van der Waals surface area (Å²) in [7, 11) is 0. The molecule has 10 heteroatoms. The van der Waals surface area contributed by atoms with Gasteiger partial charge in [-0.1, -0.05) is 30.6 Å². The van der Waals surface area contributed by atoms with Crippen LogP contribution < -0.4 is 20.1 Å². The van der Waals surface area contributed by atoms with E-state index < -0.39 is 6.04 Å². The number of nitrogens with one attached hydrogen (secondary N) is 2. The minimum absolute atomic E-state index is 0.239. The lowest BCUT2D eigenvalue weighted by molar-refractivity contribution is -0.113. The molecule has 190 valence electrons. The van der Waals surface area contributed by atoms with Crippen molar-refractivity contribution >= 4 is 33.5 Å². The van der Waals surface area contributed by atoms with Gasteiger partial charge >= 0.3 is 0 Å². The monoisotopic (exact) mass is 554 g/mol. The molecule has 0 fully saturated rings. The molecule has 9 nitrogen and oxygen atoms in total. The smallest absolute Gasteiger partial charge is 0.255 e.